The summed E-state index contributed by atoms with van der Waals surface area (Å²) in [6.45, 7) is 0.523. The predicted octanol–water partition coefficient (Wildman–Crippen LogP) is 0.133. The first kappa shape index (κ1) is 9.49. The lowest BCUT2D eigenvalue weighted by Crippen LogP contribution is -2.44. The summed E-state index contributed by atoms with van der Waals surface area (Å²) in [7, 11) is 1.87. The van der Waals surface area contributed by atoms with E-state index in [1.54, 1.807) is 0 Å². The maximum Gasteiger partial charge on any atom is 0.227 e. The molecule has 1 saturated carbocycles. The summed E-state index contributed by atoms with van der Waals surface area (Å²) >= 11 is 0. The molecule has 1 aliphatic heterocycles. The molecule has 1 atom stereocenters. The quantitative estimate of drug-likeness (QED) is 0.682. The fraction of sp³-hybridized carbons (Fsp3) is 0.800. The monoisotopic (exact) mass is 196 g/mol. The standard InChI is InChI=1S/C10H16N2O2/c1-12(8-3-4-8)10(14)7-2-5-9(13)11-6-7/h7-8H,2-6H2,1H3,(H,11,13). The maximum absolute atomic E-state index is 11.9. The Bertz CT molecular complexity index is 251. The second kappa shape index (κ2) is 3.59. The van der Waals surface area contributed by atoms with Gasteiger partial charge < -0.3 is 10.2 Å². The van der Waals surface area contributed by atoms with Crippen molar-refractivity contribution < 1.29 is 9.59 Å². The molecule has 2 amide bonds. The van der Waals surface area contributed by atoms with E-state index in [1.807, 2.05) is 11.9 Å². The van der Waals surface area contributed by atoms with E-state index < -0.39 is 0 Å². The van der Waals surface area contributed by atoms with Gasteiger partial charge in [0.15, 0.2) is 0 Å². The highest BCUT2D eigenvalue weighted by Gasteiger charge is 2.34. The second-order valence-electron chi connectivity index (χ2n) is 4.22. The van der Waals surface area contributed by atoms with E-state index in [-0.39, 0.29) is 17.7 Å². The van der Waals surface area contributed by atoms with Crippen LogP contribution in [0.1, 0.15) is 25.7 Å². The summed E-state index contributed by atoms with van der Waals surface area (Å²) < 4.78 is 0. The molecule has 0 aromatic rings. The summed E-state index contributed by atoms with van der Waals surface area (Å²) in [5, 5.41) is 2.74. The summed E-state index contributed by atoms with van der Waals surface area (Å²) in [5.74, 6) is 0.286. The molecule has 1 unspecified atom stereocenters. The molecule has 2 fully saturated rings. The minimum atomic E-state index is 0.0123. The molecule has 0 bridgehead atoms. The predicted molar refractivity (Wildman–Crippen MR) is 51.5 cm³/mol. The Morgan fingerprint density at radius 1 is 1.43 bits per heavy atom. The van der Waals surface area contributed by atoms with Crippen molar-refractivity contribution in [1.29, 1.82) is 0 Å². The van der Waals surface area contributed by atoms with Gasteiger partial charge in [-0.3, -0.25) is 9.59 Å². The highest BCUT2D eigenvalue weighted by molar-refractivity contribution is 5.83. The van der Waals surface area contributed by atoms with Crippen molar-refractivity contribution in [3.8, 4) is 0 Å². The van der Waals surface area contributed by atoms with Crippen LogP contribution in [-0.4, -0.2) is 36.3 Å². The number of carbonyl (C=O) groups excluding carboxylic acids is 2. The van der Waals surface area contributed by atoms with Crippen molar-refractivity contribution >= 4 is 11.8 Å². The summed E-state index contributed by atoms with van der Waals surface area (Å²) in [4.78, 5) is 24.6. The Kier molecular flexibility index (Phi) is 2.44. The SMILES string of the molecule is CN(C(=O)C1CCC(=O)NC1)C1CC1. The molecule has 0 aromatic heterocycles. The first-order valence-electron chi connectivity index (χ1n) is 5.22. The number of nitrogens with zero attached hydrogens (tertiary/aromatic N) is 1. The van der Waals surface area contributed by atoms with E-state index in [0.717, 1.165) is 12.8 Å². The first-order valence-corrected chi connectivity index (χ1v) is 5.22. The Labute approximate surface area is 83.6 Å². The van der Waals surface area contributed by atoms with Crippen molar-refractivity contribution in [3.63, 3.8) is 0 Å². The lowest BCUT2D eigenvalue weighted by Gasteiger charge is -2.26. The van der Waals surface area contributed by atoms with Gasteiger partial charge in [0.2, 0.25) is 11.8 Å². The second-order valence-corrected chi connectivity index (χ2v) is 4.22. The van der Waals surface area contributed by atoms with Crippen molar-refractivity contribution in [2.24, 2.45) is 5.92 Å². The summed E-state index contributed by atoms with van der Waals surface area (Å²) in [5.41, 5.74) is 0. The Balaban J connectivity index is 1.87. The molecule has 4 nitrogen and oxygen atoms in total. The molecule has 4 heteroatoms. The van der Waals surface area contributed by atoms with Crippen molar-refractivity contribution in [1.82, 2.24) is 10.2 Å². The number of carbonyl (C=O) groups is 2. The Morgan fingerprint density at radius 2 is 2.14 bits per heavy atom. The molecule has 1 heterocycles. The summed E-state index contributed by atoms with van der Waals surface area (Å²) in [6, 6.07) is 0.472. The maximum atomic E-state index is 11.9. The number of rotatable bonds is 2. The lowest BCUT2D eigenvalue weighted by atomic mass is 9.98. The summed E-state index contributed by atoms with van der Waals surface area (Å²) in [6.07, 6.45) is 3.49. The topological polar surface area (TPSA) is 49.4 Å². The van der Waals surface area contributed by atoms with Crippen LogP contribution in [0, 0.1) is 5.92 Å². The van der Waals surface area contributed by atoms with Gasteiger partial charge >= 0.3 is 0 Å². The highest BCUT2D eigenvalue weighted by Crippen LogP contribution is 2.27. The van der Waals surface area contributed by atoms with Crippen molar-refractivity contribution in [3.05, 3.63) is 0 Å². The van der Waals surface area contributed by atoms with E-state index >= 15 is 0 Å². The van der Waals surface area contributed by atoms with Crippen LogP contribution in [0.4, 0.5) is 0 Å². The molecule has 1 aliphatic carbocycles. The van der Waals surface area contributed by atoms with E-state index in [0.29, 0.717) is 25.4 Å². The third-order valence-electron chi connectivity index (χ3n) is 3.06. The number of amides is 2. The molecule has 0 radical (unpaired) electrons. The molecule has 1 N–H and O–H groups in total. The van der Waals surface area contributed by atoms with Gasteiger partial charge in [-0.15, -0.1) is 0 Å². The van der Waals surface area contributed by atoms with Gasteiger partial charge in [0.25, 0.3) is 0 Å². The Morgan fingerprint density at radius 3 is 2.64 bits per heavy atom. The lowest BCUT2D eigenvalue weighted by molar-refractivity contribution is -0.136. The van der Waals surface area contributed by atoms with Crippen LogP contribution in [0.5, 0.6) is 0 Å². The minimum Gasteiger partial charge on any atom is -0.355 e. The Hall–Kier alpha value is -1.06. The van der Waals surface area contributed by atoms with Gasteiger partial charge in [-0.25, -0.2) is 0 Å². The zero-order chi connectivity index (χ0) is 10.1. The zero-order valence-electron chi connectivity index (χ0n) is 8.45. The zero-order valence-corrected chi connectivity index (χ0v) is 8.45. The van der Waals surface area contributed by atoms with Crippen LogP contribution >= 0.6 is 0 Å². The third-order valence-corrected chi connectivity index (χ3v) is 3.06. The average Bonchev–Trinajstić information content (AvgIpc) is 3.00. The van der Waals surface area contributed by atoms with Gasteiger partial charge in [0.05, 0.1) is 5.92 Å². The van der Waals surface area contributed by atoms with Gasteiger partial charge in [0.1, 0.15) is 0 Å². The van der Waals surface area contributed by atoms with Crippen molar-refractivity contribution in [2.45, 2.75) is 31.7 Å². The van der Waals surface area contributed by atoms with E-state index in [4.69, 9.17) is 0 Å². The fourth-order valence-corrected chi connectivity index (χ4v) is 1.87. The number of hydrogen-bond acceptors (Lipinski definition) is 2. The van der Waals surface area contributed by atoms with Crippen LogP contribution < -0.4 is 5.32 Å². The van der Waals surface area contributed by atoms with E-state index in [9.17, 15) is 9.59 Å². The highest BCUT2D eigenvalue weighted by atomic mass is 16.2. The molecule has 78 valence electrons. The minimum absolute atomic E-state index is 0.0123. The van der Waals surface area contributed by atoms with Gasteiger partial charge in [-0.05, 0) is 19.3 Å². The van der Waals surface area contributed by atoms with Crippen LogP contribution in [0.25, 0.3) is 0 Å². The van der Waals surface area contributed by atoms with Crippen LogP contribution in [-0.2, 0) is 9.59 Å². The smallest absolute Gasteiger partial charge is 0.227 e. The van der Waals surface area contributed by atoms with Gasteiger partial charge in [0, 0.05) is 26.1 Å². The molecule has 2 rings (SSSR count). The van der Waals surface area contributed by atoms with Gasteiger partial charge in [-0.1, -0.05) is 0 Å². The fourth-order valence-electron chi connectivity index (χ4n) is 1.87. The first-order chi connectivity index (χ1) is 6.68. The third kappa shape index (κ3) is 1.89. The molecule has 0 aromatic carbocycles. The number of piperidine rings is 1. The molecule has 14 heavy (non-hydrogen) atoms. The molecule has 0 spiro atoms. The van der Waals surface area contributed by atoms with Crippen LogP contribution in [0.2, 0.25) is 0 Å². The molecular weight excluding hydrogens is 180 g/mol. The van der Waals surface area contributed by atoms with Crippen molar-refractivity contribution in [2.75, 3.05) is 13.6 Å². The average molecular weight is 196 g/mol. The molecular formula is C10H16N2O2. The molecule has 2 aliphatic rings. The van der Waals surface area contributed by atoms with E-state index in [2.05, 4.69) is 5.32 Å². The largest absolute Gasteiger partial charge is 0.355 e. The number of hydrogen-bond donors (Lipinski definition) is 1. The van der Waals surface area contributed by atoms with Crippen LogP contribution in [0.15, 0.2) is 0 Å². The van der Waals surface area contributed by atoms with E-state index in [1.165, 1.54) is 0 Å². The van der Waals surface area contributed by atoms with Gasteiger partial charge in [-0.2, -0.15) is 0 Å². The van der Waals surface area contributed by atoms with Crippen LogP contribution in [0.3, 0.4) is 0 Å². The number of nitrogens with one attached hydrogen (secondary N) is 1. The molecule has 1 saturated heterocycles. The normalized spacial score (nSPS) is 26.9.